The Labute approximate surface area is 97.7 Å². The van der Waals surface area contributed by atoms with Crippen molar-refractivity contribution in [2.75, 3.05) is 7.05 Å². The number of amides is 1. The zero-order valence-electron chi connectivity index (χ0n) is 9.37. The highest BCUT2D eigenvalue weighted by molar-refractivity contribution is 9.10. The lowest BCUT2D eigenvalue weighted by Crippen LogP contribution is -2.31. The standard InChI is InChI=1S/C10H15BrN2O2/c1-6(11)10(14)13(4)5-9-7(2)12-15-8(9)3/h6H,5H2,1-4H3. The van der Waals surface area contributed by atoms with E-state index in [1.54, 1.807) is 11.9 Å². The molecular formula is C10H15BrN2O2. The van der Waals surface area contributed by atoms with Crippen LogP contribution in [0.4, 0.5) is 0 Å². The van der Waals surface area contributed by atoms with Gasteiger partial charge in [-0.1, -0.05) is 21.1 Å². The van der Waals surface area contributed by atoms with Gasteiger partial charge in [-0.15, -0.1) is 0 Å². The zero-order chi connectivity index (χ0) is 11.6. The van der Waals surface area contributed by atoms with Crippen molar-refractivity contribution in [2.24, 2.45) is 0 Å². The normalized spacial score (nSPS) is 12.6. The van der Waals surface area contributed by atoms with Crippen LogP contribution in [0.25, 0.3) is 0 Å². The van der Waals surface area contributed by atoms with Crippen molar-refractivity contribution in [1.82, 2.24) is 10.1 Å². The number of carbonyl (C=O) groups is 1. The molecule has 5 heteroatoms. The van der Waals surface area contributed by atoms with E-state index in [2.05, 4.69) is 21.1 Å². The molecule has 0 aliphatic heterocycles. The van der Waals surface area contributed by atoms with E-state index in [-0.39, 0.29) is 10.7 Å². The third-order valence-electron chi connectivity index (χ3n) is 2.29. The highest BCUT2D eigenvalue weighted by Crippen LogP contribution is 2.15. The second-order valence-corrected chi connectivity index (χ2v) is 4.99. The molecule has 15 heavy (non-hydrogen) atoms. The Kier molecular flexibility index (Phi) is 3.90. The molecule has 84 valence electrons. The second kappa shape index (κ2) is 4.79. The first-order valence-corrected chi connectivity index (χ1v) is 5.65. The molecule has 0 aromatic carbocycles. The molecule has 0 fully saturated rings. The third-order valence-corrected chi connectivity index (χ3v) is 2.68. The zero-order valence-corrected chi connectivity index (χ0v) is 11.0. The Morgan fingerprint density at radius 3 is 2.60 bits per heavy atom. The van der Waals surface area contributed by atoms with Crippen molar-refractivity contribution in [3.05, 3.63) is 17.0 Å². The second-order valence-electron chi connectivity index (χ2n) is 3.61. The highest BCUT2D eigenvalue weighted by atomic mass is 79.9. The Balaban J connectivity index is 2.74. The molecule has 4 nitrogen and oxygen atoms in total. The van der Waals surface area contributed by atoms with Crippen molar-refractivity contribution < 1.29 is 9.32 Å². The summed E-state index contributed by atoms with van der Waals surface area (Å²) in [6.07, 6.45) is 0. The summed E-state index contributed by atoms with van der Waals surface area (Å²) < 4.78 is 5.04. The van der Waals surface area contributed by atoms with Gasteiger partial charge >= 0.3 is 0 Å². The minimum atomic E-state index is -0.164. The van der Waals surface area contributed by atoms with Crippen LogP contribution in [0.2, 0.25) is 0 Å². The van der Waals surface area contributed by atoms with Gasteiger partial charge in [-0.25, -0.2) is 0 Å². The largest absolute Gasteiger partial charge is 0.361 e. The summed E-state index contributed by atoms with van der Waals surface area (Å²) in [7, 11) is 1.77. The van der Waals surface area contributed by atoms with E-state index < -0.39 is 0 Å². The number of hydrogen-bond acceptors (Lipinski definition) is 3. The van der Waals surface area contributed by atoms with Gasteiger partial charge in [-0.2, -0.15) is 0 Å². The smallest absolute Gasteiger partial charge is 0.236 e. The summed E-state index contributed by atoms with van der Waals surface area (Å²) in [4.78, 5) is 13.1. The van der Waals surface area contributed by atoms with Crippen LogP contribution >= 0.6 is 15.9 Å². The SMILES string of the molecule is Cc1noc(C)c1CN(C)C(=O)C(C)Br. The lowest BCUT2D eigenvalue weighted by molar-refractivity contribution is -0.129. The summed E-state index contributed by atoms with van der Waals surface area (Å²) in [6, 6.07) is 0. The maximum atomic E-state index is 11.6. The van der Waals surface area contributed by atoms with Crippen LogP contribution in [0.5, 0.6) is 0 Å². The van der Waals surface area contributed by atoms with Gasteiger partial charge in [0.1, 0.15) is 5.76 Å². The minimum Gasteiger partial charge on any atom is -0.361 e. The fourth-order valence-electron chi connectivity index (χ4n) is 1.35. The van der Waals surface area contributed by atoms with E-state index in [1.807, 2.05) is 20.8 Å². The summed E-state index contributed by atoms with van der Waals surface area (Å²) in [5, 5.41) is 3.85. The number of halogens is 1. The maximum Gasteiger partial charge on any atom is 0.236 e. The molecule has 0 aliphatic rings. The molecule has 1 amide bonds. The van der Waals surface area contributed by atoms with Crippen molar-refractivity contribution >= 4 is 21.8 Å². The topological polar surface area (TPSA) is 46.3 Å². The molecule has 1 atom stereocenters. The molecular weight excluding hydrogens is 260 g/mol. The molecule has 0 aliphatic carbocycles. The Morgan fingerprint density at radius 1 is 1.60 bits per heavy atom. The molecule has 0 saturated heterocycles. The van der Waals surface area contributed by atoms with Gasteiger partial charge in [0.15, 0.2) is 0 Å². The summed E-state index contributed by atoms with van der Waals surface area (Å²) in [5.74, 6) is 0.823. The van der Waals surface area contributed by atoms with E-state index in [0.717, 1.165) is 17.0 Å². The molecule has 0 bridgehead atoms. The van der Waals surface area contributed by atoms with Crippen LogP contribution in [-0.4, -0.2) is 27.8 Å². The van der Waals surface area contributed by atoms with Gasteiger partial charge < -0.3 is 9.42 Å². The molecule has 1 rings (SSSR count). The Bertz CT molecular complexity index is 341. The number of carbonyl (C=O) groups excluding carboxylic acids is 1. The van der Waals surface area contributed by atoms with E-state index in [9.17, 15) is 4.79 Å². The van der Waals surface area contributed by atoms with Gasteiger partial charge in [0.05, 0.1) is 17.1 Å². The quantitative estimate of drug-likeness (QED) is 0.793. The molecule has 0 radical (unpaired) electrons. The monoisotopic (exact) mass is 274 g/mol. The predicted molar refractivity (Wildman–Crippen MR) is 60.8 cm³/mol. The third kappa shape index (κ3) is 2.81. The van der Waals surface area contributed by atoms with E-state index in [4.69, 9.17) is 4.52 Å². The molecule has 0 saturated carbocycles. The number of nitrogens with zero attached hydrogens (tertiary/aromatic N) is 2. The number of alkyl halides is 1. The Hall–Kier alpha value is -0.840. The number of hydrogen-bond donors (Lipinski definition) is 0. The van der Waals surface area contributed by atoms with Gasteiger partial charge in [0.2, 0.25) is 5.91 Å². The van der Waals surface area contributed by atoms with Crippen LogP contribution in [0.15, 0.2) is 4.52 Å². The van der Waals surface area contributed by atoms with Gasteiger partial charge in [-0.05, 0) is 20.8 Å². The van der Waals surface area contributed by atoms with Gasteiger partial charge in [0, 0.05) is 12.6 Å². The maximum absolute atomic E-state index is 11.6. The molecule has 1 heterocycles. The van der Waals surface area contributed by atoms with Crippen molar-refractivity contribution in [1.29, 1.82) is 0 Å². The molecule has 1 unspecified atom stereocenters. The van der Waals surface area contributed by atoms with E-state index in [1.165, 1.54) is 0 Å². The highest BCUT2D eigenvalue weighted by Gasteiger charge is 2.18. The van der Waals surface area contributed by atoms with Crippen LogP contribution in [0, 0.1) is 13.8 Å². The van der Waals surface area contributed by atoms with Crippen molar-refractivity contribution in [2.45, 2.75) is 32.1 Å². The van der Waals surface area contributed by atoms with E-state index >= 15 is 0 Å². The molecule has 0 N–H and O–H groups in total. The Morgan fingerprint density at radius 2 is 2.20 bits per heavy atom. The number of aryl methyl sites for hydroxylation is 2. The van der Waals surface area contributed by atoms with Crippen molar-refractivity contribution in [3.8, 4) is 0 Å². The first-order chi connectivity index (χ1) is 6.93. The van der Waals surface area contributed by atoms with Crippen LogP contribution in [-0.2, 0) is 11.3 Å². The van der Waals surface area contributed by atoms with Crippen LogP contribution in [0.1, 0.15) is 23.9 Å². The number of rotatable bonds is 3. The minimum absolute atomic E-state index is 0.0509. The fraction of sp³-hybridized carbons (Fsp3) is 0.600. The molecule has 0 spiro atoms. The first-order valence-electron chi connectivity index (χ1n) is 4.74. The number of aromatic nitrogens is 1. The summed E-state index contributed by atoms with van der Waals surface area (Å²) in [5.41, 5.74) is 1.83. The summed E-state index contributed by atoms with van der Waals surface area (Å²) in [6.45, 7) is 6.08. The van der Waals surface area contributed by atoms with Crippen LogP contribution < -0.4 is 0 Å². The lowest BCUT2D eigenvalue weighted by Gasteiger charge is -2.18. The first kappa shape index (κ1) is 12.2. The van der Waals surface area contributed by atoms with Crippen molar-refractivity contribution in [3.63, 3.8) is 0 Å². The van der Waals surface area contributed by atoms with Gasteiger partial charge in [-0.3, -0.25) is 4.79 Å². The van der Waals surface area contributed by atoms with E-state index in [0.29, 0.717) is 6.54 Å². The summed E-state index contributed by atoms with van der Waals surface area (Å²) >= 11 is 3.25. The molecule has 1 aromatic rings. The lowest BCUT2D eigenvalue weighted by atomic mass is 10.2. The van der Waals surface area contributed by atoms with Gasteiger partial charge in [0.25, 0.3) is 0 Å². The predicted octanol–water partition coefficient (Wildman–Crippen LogP) is 2.03. The van der Waals surface area contributed by atoms with Crippen LogP contribution in [0.3, 0.4) is 0 Å². The average Bonchev–Trinajstić information content (AvgIpc) is 2.47. The average molecular weight is 275 g/mol. The molecule has 1 aromatic heterocycles. The fourth-order valence-corrected chi connectivity index (χ4v) is 1.70.